The number of halogens is 1. The van der Waals surface area contributed by atoms with Crippen molar-refractivity contribution in [3.63, 3.8) is 0 Å². The molecule has 1 N–H and O–H groups in total. The first-order chi connectivity index (χ1) is 13.8. The number of nitrogens with one attached hydrogen (secondary N) is 1. The average molecular weight is 396 g/mol. The normalized spacial score (nSPS) is 10.9. The molecule has 0 aliphatic heterocycles. The third-order valence-electron chi connectivity index (χ3n) is 4.34. The van der Waals surface area contributed by atoms with Crippen LogP contribution in [-0.4, -0.2) is 22.5 Å². The number of ether oxygens (including phenoxy) is 1. The molecular formula is C22H21FN2O4. The van der Waals surface area contributed by atoms with E-state index in [9.17, 15) is 18.8 Å². The number of nitrogens with zero attached hydrogens (tertiary/aromatic N) is 1. The number of benzene rings is 2. The number of aryl methyl sites for hydroxylation is 1. The zero-order valence-electron chi connectivity index (χ0n) is 16.4. The highest BCUT2D eigenvalue weighted by atomic mass is 19.1. The SMILES string of the molecule is Cc1cc(=O)c2cccc(F)c2n1CC(=O)Nc1ccc(C(=O)OC(C)C)cc1. The van der Waals surface area contributed by atoms with Crippen molar-refractivity contribution >= 4 is 28.5 Å². The van der Waals surface area contributed by atoms with Gasteiger partial charge >= 0.3 is 5.97 Å². The number of rotatable bonds is 5. The summed E-state index contributed by atoms with van der Waals surface area (Å²) in [6.07, 6.45) is -0.224. The predicted molar refractivity (Wildman–Crippen MR) is 109 cm³/mol. The molecule has 29 heavy (non-hydrogen) atoms. The highest BCUT2D eigenvalue weighted by Crippen LogP contribution is 2.17. The van der Waals surface area contributed by atoms with E-state index in [0.717, 1.165) is 0 Å². The molecule has 1 aromatic heterocycles. The first-order valence-electron chi connectivity index (χ1n) is 9.16. The number of anilines is 1. The molecule has 150 valence electrons. The summed E-state index contributed by atoms with van der Waals surface area (Å²) in [7, 11) is 0. The zero-order chi connectivity index (χ0) is 21.1. The summed E-state index contributed by atoms with van der Waals surface area (Å²) in [6.45, 7) is 5.01. The molecule has 1 amide bonds. The topological polar surface area (TPSA) is 77.4 Å². The van der Waals surface area contributed by atoms with Crippen molar-refractivity contribution in [2.75, 3.05) is 5.32 Å². The smallest absolute Gasteiger partial charge is 0.338 e. The number of carbonyl (C=O) groups excluding carboxylic acids is 2. The highest BCUT2D eigenvalue weighted by molar-refractivity contribution is 5.93. The van der Waals surface area contributed by atoms with Crippen molar-refractivity contribution in [2.45, 2.75) is 33.4 Å². The lowest BCUT2D eigenvalue weighted by molar-refractivity contribution is -0.116. The molecule has 3 aromatic rings. The third kappa shape index (κ3) is 4.51. The first-order valence-corrected chi connectivity index (χ1v) is 9.16. The minimum absolute atomic E-state index is 0.0967. The number of para-hydroxylation sites is 1. The van der Waals surface area contributed by atoms with Crippen LogP contribution in [0.4, 0.5) is 10.1 Å². The van der Waals surface area contributed by atoms with Gasteiger partial charge in [-0.1, -0.05) is 6.07 Å². The summed E-state index contributed by atoms with van der Waals surface area (Å²) in [6, 6.07) is 11.9. The van der Waals surface area contributed by atoms with E-state index in [1.165, 1.54) is 28.8 Å². The van der Waals surface area contributed by atoms with Gasteiger partial charge in [0.05, 0.1) is 17.2 Å². The molecule has 0 saturated carbocycles. The number of hydrogen-bond acceptors (Lipinski definition) is 4. The first kappa shape index (κ1) is 20.3. The van der Waals surface area contributed by atoms with Crippen LogP contribution >= 0.6 is 0 Å². The van der Waals surface area contributed by atoms with Crippen LogP contribution in [-0.2, 0) is 16.1 Å². The Balaban J connectivity index is 1.80. The van der Waals surface area contributed by atoms with Crippen molar-refractivity contribution in [1.29, 1.82) is 0 Å². The Kier molecular flexibility index (Phi) is 5.77. The summed E-state index contributed by atoms with van der Waals surface area (Å²) < 4.78 is 20.9. The number of pyridine rings is 1. The minimum Gasteiger partial charge on any atom is -0.459 e. The second-order valence-corrected chi connectivity index (χ2v) is 6.95. The van der Waals surface area contributed by atoms with Crippen LogP contribution in [0, 0.1) is 12.7 Å². The Morgan fingerprint density at radius 3 is 2.48 bits per heavy atom. The summed E-state index contributed by atoms with van der Waals surface area (Å²) in [5.74, 6) is -1.40. The van der Waals surface area contributed by atoms with E-state index in [2.05, 4.69) is 5.32 Å². The molecule has 0 unspecified atom stereocenters. The maximum atomic E-state index is 14.4. The van der Waals surface area contributed by atoms with E-state index in [4.69, 9.17) is 4.74 Å². The second kappa shape index (κ2) is 8.26. The van der Waals surface area contributed by atoms with Gasteiger partial charge in [-0.2, -0.15) is 0 Å². The lowest BCUT2D eigenvalue weighted by atomic mass is 10.1. The Hall–Kier alpha value is -3.48. The molecule has 7 heteroatoms. The molecule has 0 spiro atoms. The van der Waals surface area contributed by atoms with E-state index >= 15 is 0 Å². The number of aromatic nitrogens is 1. The van der Waals surface area contributed by atoms with Crippen LogP contribution in [0.2, 0.25) is 0 Å². The number of hydrogen-bond donors (Lipinski definition) is 1. The van der Waals surface area contributed by atoms with Gasteiger partial charge in [0.25, 0.3) is 0 Å². The highest BCUT2D eigenvalue weighted by Gasteiger charge is 2.14. The van der Waals surface area contributed by atoms with Crippen LogP contribution in [0.5, 0.6) is 0 Å². The summed E-state index contributed by atoms with van der Waals surface area (Å²) in [5.41, 5.74) is 1.15. The number of amides is 1. The molecule has 0 saturated heterocycles. The Morgan fingerprint density at radius 2 is 1.83 bits per heavy atom. The summed E-state index contributed by atoms with van der Waals surface area (Å²) in [5, 5.41) is 2.93. The number of fused-ring (bicyclic) bond motifs is 1. The van der Waals surface area contributed by atoms with Crippen molar-refractivity contribution in [2.24, 2.45) is 0 Å². The van der Waals surface area contributed by atoms with Gasteiger partial charge in [0.15, 0.2) is 5.43 Å². The summed E-state index contributed by atoms with van der Waals surface area (Å²) >= 11 is 0. The molecule has 2 aromatic carbocycles. The third-order valence-corrected chi connectivity index (χ3v) is 4.34. The van der Waals surface area contributed by atoms with Crippen molar-refractivity contribution in [3.05, 3.63) is 75.8 Å². The standard InChI is InChI=1S/C22H21FN2O4/c1-13(2)29-22(28)15-7-9-16(10-8-15)24-20(27)12-25-14(3)11-19(26)17-5-4-6-18(23)21(17)25/h4-11,13H,12H2,1-3H3,(H,24,27). The quantitative estimate of drug-likeness (QED) is 0.668. The van der Waals surface area contributed by atoms with Gasteiger partial charge < -0.3 is 14.6 Å². The fourth-order valence-electron chi connectivity index (χ4n) is 3.03. The Labute approximate surface area is 166 Å². The Bertz CT molecular complexity index is 1130. The Morgan fingerprint density at radius 1 is 1.14 bits per heavy atom. The molecule has 6 nitrogen and oxygen atoms in total. The van der Waals surface area contributed by atoms with Gasteiger partial charge in [-0.15, -0.1) is 0 Å². The second-order valence-electron chi connectivity index (χ2n) is 6.95. The van der Waals surface area contributed by atoms with Gasteiger partial charge in [0, 0.05) is 22.8 Å². The zero-order valence-corrected chi connectivity index (χ0v) is 16.4. The lowest BCUT2D eigenvalue weighted by Crippen LogP contribution is -2.23. The molecule has 0 aliphatic rings. The fraction of sp³-hybridized carbons (Fsp3) is 0.227. The van der Waals surface area contributed by atoms with E-state index in [1.807, 2.05) is 0 Å². The molecule has 0 radical (unpaired) electrons. The number of carbonyl (C=O) groups is 2. The molecule has 0 aliphatic carbocycles. The number of esters is 1. The molecule has 0 bridgehead atoms. The van der Waals surface area contributed by atoms with Crippen LogP contribution in [0.15, 0.2) is 53.3 Å². The molecule has 1 heterocycles. The average Bonchev–Trinajstić information content (AvgIpc) is 2.65. The van der Waals surface area contributed by atoms with Gasteiger partial charge in [-0.05, 0) is 57.2 Å². The van der Waals surface area contributed by atoms with Gasteiger partial charge in [-0.3, -0.25) is 9.59 Å². The maximum Gasteiger partial charge on any atom is 0.338 e. The van der Waals surface area contributed by atoms with Gasteiger partial charge in [0.2, 0.25) is 5.91 Å². The lowest BCUT2D eigenvalue weighted by Gasteiger charge is -2.15. The van der Waals surface area contributed by atoms with Crippen molar-refractivity contribution < 1.29 is 18.7 Å². The van der Waals surface area contributed by atoms with Crippen LogP contribution in [0.1, 0.15) is 29.9 Å². The van der Waals surface area contributed by atoms with Crippen molar-refractivity contribution in [1.82, 2.24) is 4.57 Å². The predicted octanol–water partition coefficient (Wildman–Crippen LogP) is 3.65. The maximum absolute atomic E-state index is 14.4. The van der Waals surface area contributed by atoms with Crippen LogP contribution in [0.3, 0.4) is 0 Å². The van der Waals surface area contributed by atoms with E-state index in [1.54, 1.807) is 45.0 Å². The monoisotopic (exact) mass is 396 g/mol. The molecule has 0 fully saturated rings. The van der Waals surface area contributed by atoms with E-state index in [-0.39, 0.29) is 34.9 Å². The molecule has 3 rings (SSSR count). The largest absolute Gasteiger partial charge is 0.459 e. The van der Waals surface area contributed by atoms with Gasteiger partial charge in [-0.25, -0.2) is 9.18 Å². The molecule has 0 atom stereocenters. The van der Waals surface area contributed by atoms with E-state index in [0.29, 0.717) is 16.9 Å². The molecular weight excluding hydrogens is 375 g/mol. The summed E-state index contributed by atoms with van der Waals surface area (Å²) in [4.78, 5) is 36.5. The van der Waals surface area contributed by atoms with Crippen LogP contribution in [0.25, 0.3) is 10.9 Å². The fourth-order valence-corrected chi connectivity index (χ4v) is 3.03. The van der Waals surface area contributed by atoms with E-state index < -0.39 is 11.8 Å². The van der Waals surface area contributed by atoms with Crippen LogP contribution < -0.4 is 10.7 Å². The minimum atomic E-state index is -0.566. The van der Waals surface area contributed by atoms with Crippen molar-refractivity contribution in [3.8, 4) is 0 Å². The van der Waals surface area contributed by atoms with Gasteiger partial charge in [0.1, 0.15) is 12.4 Å².